The summed E-state index contributed by atoms with van der Waals surface area (Å²) in [6.07, 6.45) is 4.25. The van der Waals surface area contributed by atoms with E-state index in [0.717, 1.165) is 67.6 Å². The average molecular weight is 374 g/mol. The molecule has 0 radical (unpaired) electrons. The van der Waals surface area contributed by atoms with Gasteiger partial charge in [-0.15, -0.1) is 0 Å². The molecular formula is C24H27N3O. The number of aryl methyl sites for hydroxylation is 1. The molecular weight excluding hydrogens is 346 g/mol. The fraction of sp³-hybridized carbons (Fsp3) is 0.333. The van der Waals surface area contributed by atoms with Crippen LogP contribution in [0, 0.1) is 0 Å². The van der Waals surface area contributed by atoms with Crippen molar-refractivity contribution in [2.75, 3.05) is 31.6 Å². The van der Waals surface area contributed by atoms with Crippen LogP contribution in [0.2, 0.25) is 0 Å². The van der Waals surface area contributed by atoms with E-state index >= 15 is 0 Å². The molecule has 0 atom stereocenters. The maximum atomic E-state index is 13.3. The second-order valence-corrected chi connectivity index (χ2v) is 7.56. The molecule has 4 nitrogen and oxygen atoms in total. The highest BCUT2D eigenvalue weighted by atomic mass is 16.2. The summed E-state index contributed by atoms with van der Waals surface area (Å²) in [4.78, 5) is 22.2. The molecule has 28 heavy (non-hydrogen) atoms. The standard InChI is InChI=1S/C24H27N3O/c1-26(15-9-12-19-10-3-2-4-11-19)24(28)21-18-20-13-5-6-14-22(20)25-23(21)27-16-7-8-17-27/h2-6,10-11,13-14,18H,7-9,12,15-17H2,1H3. The molecule has 1 aliphatic rings. The Labute approximate surface area is 166 Å². The van der Waals surface area contributed by atoms with Gasteiger partial charge in [0.2, 0.25) is 0 Å². The maximum absolute atomic E-state index is 13.3. The molecule has 0 spiro atoms. The van der Waals surface area contributed by atoms with Gasteiger partial charge in [0.1, 0.15) is 5.82 Å². The second kappa shape index (κ2) is 8.42. The quantitative estimate of drug-likeness (QED) is 0.636. The van der Waals surface area contributed by atoms with Crippen LogP contribution < -0.4 is 4.90 Å². The van der Waals surface area contributed by atoms with Crippen molar-refractivity contribution in [2.45, 2.75) is 25.7 Å². The Morgan fingerprint density at radius 3 is 2.54 bits per heavy atom. The topological polar surface area (TPSA) is 36.4 Å². The first-order valence-corrected chi connectivity index (χ1v) is 10.2. The van der Waals surface area contributed by atoms with Crippen molar-refractivity contribution < 1.29 is 4.79 Å². The van der Waals surface area contributed by atoms with Gasteiger partial charge in [-0.2, -0.15) is 0 Å². The molecule has 0 aliphatic carbocycles. The van der Waals surface area contributed by atoms with Crippen molar-refractivity contribution in [1.82, 2.24) is 9.88 Å². The first kappa shape index (κ1) is 18.5. The Balaban J connectivity index is 1.54. The largest absolute Gasteiger partial charge is 0.356 e. The molecule has 4 heteroatoms. The molecule has 1 amide bonds. The van der Waals surface area contributed by atoms with Crippen LogP contribution in [0.4, 0.5) is 5.82 Å². The molecule has 0 saturated carbocycles. The van der Waals surface area contributed by atoms with E-state index in [-0.39, 0.29) is 5.91 Å². The number of carbonyl (C=O) groups excluding carboxylic acids is 1. The minimum absolute atomic E-state index is 0.0632. The molecule has 0 bridgehead atoms. The predicted octanol–water partition coefficient (Wildman–Crippen LogP) is 4.54. The zero-order chi connectivity index (χ0) is 19.3. The Hall–Kier alpha value is -2.88. The van der Waals surface area contributed by atoms with E-state index in [0.29, 0.717) is 0 Å². The van der Waals surface area contributed by atoms with Crippen molar-refractivity contribution >= 4 is 22.6 Å². The molecule has 2 aromatic carbocycles. The average Bonchev–Trinajstić information content (AvgIpc) is 3.27. The normalized spacial score (nSPS) is 13.8. The summed E-state index contributed by atoms with van der Waals surface area (Å²) in [5, 5.41) is 1.02. The lowest BCUT2D eigenvalue weighted by atomic mass is 10.1. The summed E-state index contributed by atoms with van der Waals surface area (Å²) < 4.78 is 0. The van der Waals surface area contributed by atoms with Crippen LogP contribution in [0.5, 0.6) is 0 Å². The minimum atomic E-state index is 0.0632. The molecule has 1 aliphatic heterocycles. The second-order valence-electron chi connectivity index (χ2n) is 7.56. The molecule has 0 N–H and O–H groups in total. The zero-order valence-corrected chi connectivity index (χ0v) is 16.5. The van der Waals surface area contributed by atoms with E-state index in [1.165, 1.54) is 5.56 Å². The third-order valence-corrected chi connectivity index (χ3v) is 5.49. The van der Waals surface area contributed by atoms with Gasteiger partial charge in [0.05, 0.1) is 11.1 Å². The number of rotatable bonds is 6. The van der Waals surface area contributed by atoms with E-state index in [1.54, 1.807) is 0 Å². The number of amides is 1. The van der Waals surface area contributed by atoms with E-state index in [1.807, 2.05) is 48.3 Å². The van der Waals surface area contributed by atoms with Crippen LogP contribution >= 0.6 is 0 Å². The fourth-order valence-electron chi connectivity index (χ4n) is 3.91. The van der Waals surface area contributed by atoms with Crippen LogP contribution in [0.15, 0.2) is 60.7 Å². The zero-order valence-electron chi connectivity index (χ0n) is 16.5. The number of hydrogen-bond donors (Lipinski definition) is 0. The number of nitrogens with zero attached hydrogens (tertiary/aromatic N) is 3. The number of fused-ring (bicyclic) bond motifs is 1. The number of pyridine rings is 1. The van der Waals surface area contributed by atoms with Crippen LogP contribution in [0.3, 0.4) is 0 Å². The summed E-state index contributed by atoms with van der Waals surface area (Å²) >= 11 is 0. The smallest absolute Gasteiger partial charge is 0.257 e. The molecule has 0 unspecified atom stereocenters. The summed E-state index contributed by atoms with van der Waals surface area (Å²) in [6.45, 7) is 2.69. The van der Waals surface area contributed by atoms with Crippen molar-refractivity contribution in [3.05, 3.63) is 71.8 Å². The SMILES string of the molecule is CN(CCCc1ccccc1)C(=O)c1cc2ccccc2nc1N1CCCC1. The molecule has 4 rings (SSSR count). The molecule has 1 saturated heterocycles. The van der Waals surface area contributed by atoms with Crippen molar-refractivity contribution in [1.29, 1.82) is 0 Å². The van der Waals surface area contributed by atoms with Gasteiger partial charge in [0.25, 0.3) is 5.91 Å². The van der Waals surface area contributed by atoms with Crippen LogP contribution in [0.1, 0.15) is 35.2 Å². The van der Waals surface area contributed by atoms with E-state index in [4.69, 9.17) is 4.98 Å². The van der Waals surface area contributed by atoms with E-state index < -0.39 is 0 Å². The molecule has 1 fully saturated rings. The van der Waals surface area contributed by atoms with E-state index in [2.05, 4.69) is 29.2 Å². The number of anilines is 1. The van der Waals surface area contributed by atoms with Crippen LogP contribution in [-0.4, -0.2) is 42.5 Å². The Morgan fingerprint density at radius 2 is 1.75 bits per heavy atom. The summed E-state index contributed by atoms with van der Waals surface area (Å²) in [5.74, 6) is 0.907. The number of benzene rings is 2. The van der Waals surface area contributed by atoms with Crippen LogP contribution in [0.25, 0.3) is 10.9 Å². The molecule has 144 valence electrons. The van der Waals surface area contributed by atoms with Gasteiger partial charge in [-0.3, -0.25) is 4.79 Å². The highest BCUT2D eigenvalue weighted by Crippen LogP contribution is 2.27. The van der Waals surface area contributed by atoms with Gasteiger partial charge < -0.3 is 9.80 Å². The third kappa shape index (κ3) is 4.01. The highest BCUT2D eigenvalue weighted by Gasteiger charge is 2.23. The number of aromatic nitrogens is 1. The Kier molecular flexibility index (Phi) is 5.56. The van der Waals surface area contributed by atoms with Crippen LogP contribution in [-0.2, 0) is 6.42 Å². The molecule has 3 aromatic rings. The lowest BCUT2D eigenvalue weighted by Crippen LogP contribution is -2.31. The first-order valence-electron chi connectivity index (χ1n) is 10.2. The maximum Gasteiger partial charge on any atom is 0.257 e. The lowest BCUT2D eigenvalue weighted by Gasteiger charge is -2.23. The van der Waals surface area contributed by atoms with Gasteiger partial charge in [0.15, 0.2) is 0 Å². The first-order chi connectivity index (χ1) is 13.7. The minimum Gasteiger partial charge on any atom is -0.356 e. The van der Waals surface area contributed by atoms with Gasteiger partial charge in [-0.25, -0.2) is 4.98 Å². The Bertz CT molecular complexity index is 948. The van der Waals surface area contributed by atoms with Crippen molar-refractivity contribution in [2.24, 2.45) is 0 Å². The van der Waals surface area contributed by atoms with Gasteiger partial charge in [0, 0.05) is 32.1 Å². The lowest BCUT2D eigenvalue weighted by molar-refractivity contribution is 0.0794. The molecule has 2 heterocycles. The van der Waals surface area contributed by atoms with Gasteiger partial charge >= 0.3 is 0 Å². The van der Waals surface area contributed by atoms with E-state index in [9.17, 15) is 4.79 Å². The highest BCUT2D eigenvalue weighted by molar-refractivity contribution is 6.02. The number of carbonyl (C=O) groups is 1. The van der Waals surface area contributed by atoms with Gasteiger partial charge in [-0.1, -0.05) is 48.5 Å². The Morgan fingerprint density at radius 1 is 1.04 bits per heavy atom. The monoisotopic (exact) mass is 373 g/mol. The fourth-order valence-corrected chi connectivity index (χ4v) is 3.91. The number of para-hydroxylation sites is 1. The predicted molar refractivity (Wildman–Crippen MR) is 115 cm³/mol. The van der Waals surface area contributed by atoms with Crippen molar-refractivity contribution in [3.8, 4) is 0 Å². The summed E-state index contributed by atoms with van der Waals surface area (Å²) in [7, 11) is 1.90. The van der Waals surface area contributed by atoms with Crippen molar-refractivity contribution in [3.63, 3.8) is 0 Å². The number of hydrogen-bond acceptors (Lipinski definition) is 3. The molecule has 1 aromatic heterocycles. The van der Waals surface area contributed by atoms with Gasteiger partial charge in [-0.05, 0) is 43.4 Å². The third-order valence-electron chi connectivity index (χ3n) is 5.49. The summed E-state index contributed by atoms with van der Waals surface area (Å²) in [5.41, 5.74) is 2.99. The summed E-state index contributed by atoms with van der Waals surface area (Å²) in [6, 6.07) is 20.5.